The molecule has 0 atom stereocenters. The van der Waals surface area contributed by atoms with Crippen molar-refractivity contribution in [1.82, 2.24) is 5.32 Å². The first-order valence-corrected chi connectivity index (χ1v) is 7.35. The molecule has 0 bridgehead atoms. The van der Waals surface area contributed by atoms with E-state index in [1.165, 1.54) is 26.4 Å². The minimum Gasteiger partial charge on any atom is -0.489 e. The molecular formula is C16H21NOS. The van der Waals surface area contributed by atoms with Crippen LogP contribution in [0.25, 0.3) is 0 Å². The summed E-state index contributed by atoms with van der Waals surface area (Å²) in [5.41, 5.74) is 3.79. The molecule has 0 aliphatic carbocycles. The number of hydrogen-bond donors (Lipinski definition) is 1. The van der Waals surface area contributed by atoms with Crippen molar-refractivity contribution in [2.75, 3.05) is 7.05 Å². The van der Waals surface area contributed by atoms with E-state index in [1.807, 2.05) is 30.5 Å². The molecule has 1 aromatic carbocycles. The number of aryl methyl sites for hydroxylation is 2. The number of benzene rings is 1. The lowest BCUT2D eigenvalue weighted by atomic mass is 10.1. The molecular weight excluding hydrogens is 254 g/mol. The zero-order valence-electron chi connectivity index (χ0n) is 12.0. The Kier molecular flexibility index (Phi) is 4.61. The molecule has 0 radical (unpaired) electrons. The maximum atomic E-state index is 5.96. The summed E-state index contributed by atoms with van der Waals surface area (Å²) in [4.78, 5) is 2.70. The maximum Gasteiger partial charge on any atom is 0.122 e. The van der Waals surface area contributed by atoms with Crippen molar-refractivity contribution in [3.8, 4) is 5.75 Å². The Labute approximate surface area is 119 Å². The molecule has 3 heteroatoms. The Hall–Kier alpha value is -1.32. The molecule has 0 unspecified atom stereocenters. The molecule has 0 amide bonds. The number of rotatable bonds is 5. The predicted octanol–water partition coefficient (Wildman–Crippen LogP) is 3.97. The molecule has 1 aromatic heterocycles. The van der Waals surface area contributed by atoms with Crippen LogP contribution in [-0.2, 0) is 13.2 Å². The quantitative estimate of drug-likeness (QED) is 0.891. The van der Waals surface area contributed by atoms with Gasteiger partial charge in [0.25, 0.3) is 0 Å². The van der Waals surface area contributed by atoms with Crippen molar-refractivity contribution >= 4 is 11.3 Å². The van der Waals surface area contributed by atoms with E-state index in [-0.39, 0.29) is 0 Å². The Bertz CT molecular complexity index is 560. The van der Waals surface area contributed by atoms with Gasteiger partial charge in [0.15, 0.2) is 0 Å². The molecule has 2 rings (SSSR count). The molecule has 0 aliphatic heterocycles. The molecule has 0 aliphatic rings. The van der Waals surface area contributed by atoms with E-state index in [2.05, 4.69) is 38.2 Å². The van der Waals surface area contributed by atoms with Gasteiger partial charge >= 0.3 is 0 Å². The van der Waals surface area contributed by atoms with Gasteiger partial charge in [-0.05, 0) is 51.1 Å². The van der Waals surface area contributed by atoms with Crippen LogP contribution in [0, 0.1) is 20.8 Å². The third kappa shape index (κ3) is 3.37. The zero-order valence-corrected chi connectivity index (χ0v) is 12.9. The summed E-state index contributed by atoms with van der Waals surface area (Å²) in [6.07, 6.45) is 0. The second kappa shape index (κ2) is 6.22. The largest absolute Gasteiger partial charge is 0.489 e. The Morgan fingerprint density at radius 1 is 1.21 bits per heavy atom. The topological polar surface area (TPSA) is 21.3 Å². The average Bonchev–Trinajstić information content (AvgIpc) is 2.72. The van der Waals surface area contributed by atoms with Crippen molar-refractivity contribution in [1.29, 1.82) is 0 Å². The molecule has 1 heterocycles. The summed E-state index contributed by atoms with van der Waals surface area (Å²) in [7, 11) is 1.97. The molecule has 2 nitrogen and oxygen atoms in total. The van der Waals surface area contributed by atoms with Gasteiger partial charge in [0, 0.05) is 21.9 Å². The number of ether oxygens (including phenoxy) is 1. The van der Waals surface area contributed by atoms with Crippen LogP contribution in [-0.4, -0.2) is 7.05 Å². The fraction of sp³-hybridized carbons (Fsp3) is 0.375. The molecule has 0 saturated carbocycles. The summed E-state index contributed by atoms with van der Waals surface area (Å²) in [6, 6.07) is 8.44. The fourth-order valence-electron chi connectivity index (χ4n) is 2.03. The summed E-state index contributed by atoms with van der Waals surface area (Å²) in [5.74, 6) is 0.987. The van der Waals surface area contributed by atoms with Gasteiger partial charge in [-0.25, -0.2) is 0 Å². The van der Waals surface area contributed by atoms with Crippen molar-refractivity contribution in [3.63, 3.8) is 0 Å². The summed E-state index contributed by atoms with van der Waals surface area (Å²) < 4.78 is 5.96. The normalized spacial score (nSPS) is 10.7. The van der Waals surface area contributed by atoms with Gasteiger partial charge in [-0.1, -0.05) is 12.1 Å². The molecule has 0 saturated heterocycles. The van der Waals surface area contributed by atoms with E-state index in [0.29, 0.717) is 6.61 Å². The van der Waals surface area contributed by atoms with Crippen molar-refractivity contribution in [2.45, 2.75) is 33.9 Å². The SMILES string of the molecule is CNCc1cc(COc2cccc(C)c2C)c(C)s1. The first-order chi connectivity index (χ1) is 9.11. The highest BCUT2D eigenvalue weighted by atomic mass is 32.1. The molecule has 19 heavy (non-hydrogen) atoms. The fourth-order valence-corrected chi connectivity index (χ4v) is 3.09. The highest BCUT2D eigenvalue weighted by Gasteiger charge is 2.07. The summed E-state index contributed by atoms with van der Waals surface area (Å²) in [6.45, 7) is 7.96. The van der Waals surface area contributed by atoms with Crippen LogP contribution in [0.4, 0.5) is 0 Å². The van der Waals surface area contributed by atoms with Crippen molar-refractivity contribution in [3.05, 3.63) is 50.7 Å². The lowest BCUT2D eigenvalue weighted by molar-refractivity contribution is 0.303. The minimum atomic E-state index is 0.649. The Morgan fingerprint density at radius 2 is 2.00 bits per heavy atom. The van der Waals surface area contributed by atoms with Gasteiger partial charge in [0.2, 0.25) is 0 Å². The second-order valence-electron chi connectivity index (χ2n) is 4.81. The van der Waals surface area contributed by atoms with E-state index in [1.54, 1.807) is 0 Å². The van der Waals surface area contributed by atoms with Crippen LogP contribution >= 0.6 is 11.3 Å². The second-order valence-corrected chi connectivity index (χ2v) is 6.15. The van der Waals surface area contributed by atoms with Crippen LogP contribution in [0.3, 0.4) is 0 Å². The number of thiophene rings is 1. The standard InChI is InChI=1S/C16H21NOS/c1-11-6-5-7-16(12(11)2)18-10-14-8-15(9-17-4)19-13(14)3/h5-8,17H,9-10H2,1-4H3. The molecule has 1 N–H and O–H groups in total. The molecule has 2 aromatic rings. The lowest BCUT2D eigenvalue weighted by Gasteiger charge is -2.10. The van der Waals surface area contributed by atoms with E-state index < -0.39 is 0 Å². The van der Waals surface area contributed by atoms with Gasteiger partial charge in [0.05, 0.1) is 0 Å². The van der Waals surface area contributed by atoms with E-state index in [4.69, 9.17) is 4.74 Å². The zero-order chi connectivity index (χ0) is 13.8. The first kappa shape index (κ1) is 14.1. The van der Waals surface area contributed by atoms with Crippen LogP contribution in [0.15, 0.2) is 24.3 Å². The third-order valence-electron chi connectivity index (χ3n) is 3.36. The van der Waals surface area contributed by atoms with Crippen molar-refractivity contribution in [2.24, 2.45) is 0 Å². The van der Waals surface area contributed by atoms with Crippen LogP contribution in [0.5, 0.6) is 5.75 Å². The van der Waals surface area contributed by atoms with Crippen LogP contribution in [0.2, 0.25) is 0 Å². The highest BCUT2D eigenvalue weighted by molar-refractivity contribution is 7.12. The summed E-state index contributed by atoms with van der Waals surface area (Å²) >= 11 is 1.84. The third-order valence-corrected chi connectivity index (χ3v) is 4.45. The molecule has 102 valence electrons. The molecule has 0 spiro atoms. The van der Waals surface area contributed by atoms with Gasteiger partial charge in [-0.2, -0.15) is 0 Å². The number of nitrogens with one attached hydrogen (secondary N) is 1. The van der Waals surface area contributed by atoms with Gasteiger partial charge in [-0.15, -0.1) is 11.3 Å². The van der Waals surface area contributed by atoms with E-state index in [0.717, 1.165) is 12.3 Å². The van der Waals surface area contributed by atoms with Gasteiger partial charge in [0.1, 0.15) is 12.4 Å². The highest BCUT2D eigenvalue weighted by Crippen LogP contribution is 2.25. The van der Waals surface area contributed by atoms with Crippen LogP contribution in [0.1, 0.15) is 26.4 Å². The molecule has 0 fully saturated rings. The van der Waals surface area contributed by atoms with E-state index >= 15 is 0 Å². The minimum absolute atomic E-state index is 0.649. The van der Waals surface area contributed by atoms with Crippen LogP contribution < -0.4 is 10.1 Å². The Morgan fingerprint density at radius 3 is 2.74 bits per heavy atom. The average molecular weight is 275 g/mol. The predicted molar refractivity (Wildman–Crippen MR) is 82.1 cm³/mol. The smallest absolute Gasteiger partial charge is 0.122 e. The van der Waals surface area contributed by atoms with E-state index in [9.17, 15) is 0 Å². The number of hydrogen-bond acceptors (Lipinski definition) is 3. The summed E-state index contributed by atoms with van der Waals surface area (Å²) in [5, 5.41) is 3.18. The lowest BCUT2D eigenvalue weighted by Crippen LogP contribution is -2.03. The first-order valence-electron chi connectivity index (χ1n) is 6.53. The maximum absolute atomic E-state index is 5.96. The Balaban J connectivity index is 2.08. The van der Waals surface area contributed by atoms with Crippen molar-refractivity contribution < 1.29 is 4.74 Å². The van der Waals surface area contributed by atoms with Gasteiger partial charge in [-0.3, -0.25) is 0 Å². The van der Waals surface area contributed by atoms with Gasteiger partial charge < -0.3 is 10.1 Å². The monoisotopic (exact) mass is 275 g/mol.